The number of aromatic nitrogens is 2. The smallest absolute Gasteiger partial charge is 0.282 e. The van der Waals surface area contributed by atoms with Gasteiger partial charge >= 0.3 is 0 Å². The van der Waals surface area contributed by atoms with Gasteiger partial charge in [0.1, 0.15) is 5.70 Å². The number of amides is 2. The van der Waals surface area contributed by atoms with Gasteiger partial charge in [-0.2, -0.15) is 0 Å². The van der Waals surface area contributed by atoms with Crippen LogP contribution in [0.3, 0.4) is 0 Å². The number of carbonyl (C=O) groups is 2. The van der Waals surface area contributed by atoms with Crippen molar-refractivity contribution in [2.75, 3.05) is 36.0 Å². The molecular formula is C24H23N5O2S. The Labute approximate surface area is 190 Å². The first kappa shape index (κ1) is 20.4. The fourth-order valence-corrected chi connectivity index (χ4v) is 4.90. The zero-order valence-corrected chi connectivity index (χ0v) is 18.8. The quantitative estimate of drug-likeness (QED) is 0.574. The molecule has 162 valence electrons. The van der Waals surface area contributed by atoms with Crippen LogP contribution in [0.2, 0.25) is 0 Å². The number of anilines is 2. The molecule has 2 aliphatic heterocycles. The lowest BCUT2D eigenvalue weighted by Gasteiger charge is -2.36. The van der Waals surface area contributed by atoms with E-state index in [2.05, 4.69) is 14.9 Å². The van der Waals surface area contributed by atoms with Crippen LogP contribution in [0, 0.1) is 13.8 Å². The number of imide groups is 1. The molecule has 0 aliphatic carbocycles. The van der Waals surface area contributed by atoms with Gasteiger partial charge < -0.3 is 9.80 Å². The second kappa shape index (κ2) is 8.20. The fourth-order valence-electron chi connectivity index (χ4n) is 4.14. The van der Waals surface area contributed by atoms with Crippen molar-refractivity contribution in [1.82, 2.24) is 14.9 Å². The molecule has 4 heterocycles. The molecule has 2 aliphatic rings. The Hall–Kier alpha value is -3.52. The molecule has 2 amide bonds. The van der Waals surface area contributed by atoms with E-state index in [1.54, 1.807) is 18.5 Å². The lowest BCUT2D eigenvalue weighted by Crippen LogP contribution is -2.48. The molecule has 8 heteroatoms. The van der Waals surface area contributed by atoms with Crippen molar-refractivity contribution in [3.63, 3.8) is 0 Å². The summed E-state index contributed by atoms with van der Waals surface area (Å²) in [6, 6.07) is 11.3. The Morgan fingerprint density at radius 3 is 2.22 bits per heavy atom. The van der Waals surface area contributed by atoms with Gasteiger partial charge in [-0.05, 0) is 54.6 Å². The van der Waals surface area contributed by atoms with E-state index >= 15 is 0 Å². The highest BCUT2D eigenvalue weighted by Gasteiger charge is 2.43. The number of nitrogens with zero attached hydrogens (tertiary/aromatic N) is 5. The predicted molar refractivity (Wildman–Crippen MR) is 125 cm³/mol. The Morgan fingerprint density at radius 1 is 0.844 bits per heavy atom. The number of rotatable bonds is 4. The van der Waals surface area contributed by atoms with E-state index in [1.807, 2.05) is 54.5 Å². The molecule has 0 N–H and O–H groups in total. The van der Waals surface area contributed by atoms with Gasteiger partial charge in [-0.3, -0.25) is 9.59 Å². The van der Waals surface area contributed by atoms with E-state index in [9.17, 15) is 9.59 Å². The normalized spacial score (nSPS) is 17.0. The molecule has 1 saturated heterocycles. The molecule has 1 aromatic carbocycles. The molecule has 5 rings (SSSR count). The third-order valence-corrected chi connectivity index (χ3v) is 6.89. The van der Waals surface area contributed by atoms with Gasteiger partial charge in [0.15, 0.2) is 0 Å². The Morgan fingerprint density at radius 2 is 1.56 bits per heavy atom. The molecule has 0 bridgehead atoms. The van der Waals surface area contributed by atoms with Crippen molar-refractivity contribution in [3.05, 3.63) is 75.9 Å². The zero-order chi connectivity index (χ0) is 22.2. The Kier molecular flexibility index (Phi) is 5.22. The number of carbonyl (C=O) groups excluding carboxylic acids is 2. The predicted octanol–water partition coefficient (Wildman–Crippen LogP) is 3.26. The molecule has 3 aromatic rings. The molecule has 0 spiro atoms. The van der Waals surface area contributed by atoms with Gasteiger partial charge in [0, 0.05) is 43.4 Å². The van der Waals surface area contributed by atoms with Crippen LogP contribution < -0.4 is 9.80 Å². The van der Waals surface area contributed by atoms with Crippen LogP contribution in [-0.4, -0.2) is 52.9 Å². The van der Waals surface area contributed by atoms with Gasteiger partial charge in [0.2, 0.25) is 5.95 Å². The maximum absolute atomic E-state index is 13.6. The minimum Gasteiger partial charge on any atom is -0.363 e. The average Bonchev–Trinajstić information content (AvgIpc) is 3.42. The number of hydrogen-bond donors (Lipinski definition) is 0. The van der Waals surface area contributed by atoms with Gasteiger partial charge in [-0.25, -0.2) is 14.9 Å². The molecular weight excluding hydrogens is 422 g/mol. The monoisotopic (exact) mass is 445 g/mol. The highest BCUT2D eigenvalue weighted by atomic mass is 32.1. The maximum Gasteiger partial charge on any atom is 0.282 e. The van der Waals surface area contributed by atoms with E-state index in [-0.39, 0.29) is 11.8 Å². The van der Waals surface area contributed by atoms with Crippen molar-refractivity contribution < 1.29 is 9.59 Å². The molecule has 0 unspecified atom stereocenters. The van der Waals surface area contributed by atoms with E-state index < -0.39 is 0 Å². The molecule has 0 saturated carbocycles. The minimum atomic E-state index is -0.260. The summed E-state index contributed by atoms with van der Waals surface area (Å²) in [4.78, 5) is 42.1. The Balaban J connectivity index is 1.48. The summed E-state index contributed by atoms with van der Waals surface area (Å²) < 4.78 is 0. The summed E-state index contributed by atoms with van der Waals surface area (Å²) >= 11 is 1.48. The highest BCUT2D eigenvalue weighted by molar-refractivity contribution is 7.11. The second-order valence-corrected chi connectivity index (χ2v) is 8.89. The summed E-state index contributed by atoms with van der Waals surface area (Å²) in [5.41, 5.74) is 3.77. The first-order valence-electron chi connectivity index (χ1n) is 10.6. The zero-order valence-electron chi connectivity index (χ0n) is 18.0. The molecule has 32 heavy (non-hydrogen) atoms. The van der Waals surface area contributed by atoms with Gasteiger partial charge in [0.25, 0.3) is 11.8 Å². The fraction of sp³-hybridized carbons (Fsp3) is 0.250. The molecule has 1 fully saturated rings. The van der Waals surface area contributed by atoms with Crippen molar-refractivity contribution in [1.29, 1.82) is 0 Å². The van der Waals surface area contributed by atoms with Crippen LogP contribution in [0.1, 0.15) is 16.0 Å². The number of benzene rings is 1. The summed E-state index contributed by atoms with van der Waals surface area (Å²) in [5, 5.41) is 1.93. The second-order valence-electron chi connectivity index (χ2n) is 7.94. The standard InChI is InChI=1S/C24H23N5O2S/c1-16-6-7-18(15-17(16)2)29-22(30)20(19-5-3-14-32-19)21(23(29)31)27-10-12-28(13-11-27)24-25-8-4-9-26-24/h3-9,14-15H,10-13H2,1-2H3. The van der Waals surface area contributed by atoms with Crippen LogP contribution in [0.25, 0.3) is 5.57 Å². The van der Waals surface area contributed by atoms with Crippen LogP contribution >= 0.6 is 11.3 Å². The summed E-state index contributed by atoms with van der Waals surface area (Å²) in [5.74, 6) is 0.167. The number of piperazine rings is 1. The first-order chi connectivity index (χ1) is 15.5. The third-order valence-electron chi connectivity index (χ3n) is 6.01. The topological polar surface area (TPSA) is 69.6 Å². The Bertz CT molecular complexity index is 1200. The number of hydrogen-bond acceptors (Lipinski definition) is 7. The molecule has 0 radical (unpaired) electrons. The maximum atomic E-state index is 13.6. The SMILES string of the molecule is Cc1ccc(N2C(=O)C(c3cccs3)=C(N3CCN(c4ncccn4)CC3)C2=O)cc1C. The summed E-state index contributed by atoms with van der Waals surface area (Å²) in [6.07, 6.45) is 3.46. The van der Waals surface area contributed by atoms with Gasteiger partial charge in [-0.15, -0.1) is 11.3 Å². The van der Waals surface area contributed by atoms with Crippen molar-refractivity contribution in [2.24, 2.45) is 0 Å². The van der Waals surface area contributed by atoms with Crippen molar-refractivity contribution in [2.45, 2.75) is 13.8 Å². The van der Waals surface area contributed by atoms with Crippen molar-refractivity contribution >= 4 is 40.4 Å². The third kappa shape index (κ3) is 3.46. The van der Waals surface area contributed by atoms with Gasteiger partial charge in [-0.1, -0.05) is 12.1 Å². The van der Waals surface area contributed by atoms with Crippen LogP contribution in [0.15, 0.2) is 59.9 Å². The van der Waals surface area contributed by atoms with E-state index in [1.165, 1.54) is 16.2 Å². The lowest BCUT2D eigenvalue weighted by molar-refractivity contribution is -0.120. The number of thiophene rings is 1. The van der Waals surface area contributed by atoms with Gasteiger partial charge in [0.05, 0.1) is 11.3 Å². The molecule has 7 nitrogen and oxygen atoms in total. The summed E-state index contributed by atoms with van der Waals surface area (Å²) in [7, 11) is 0. The van der Waals surface area contributed by atoms with E-state index in [0.717, 1.165) is 16.0 Å². The minimum absolute atomic E-state index is 0.258. The molecule has 0 atom stereocenters. The lowest BCUT2D eigenvalue weighted by atomic mass is 10.1. The van der Waals surface area contributed by atoms with Crippen LogP contribution in [-0.2, 0) is 9.59 Å². The summed E-state index contributed by atoms with van der Waals surface area (Å²) in [6.45, 7) is 6.59. The first-order valence-corrected chi connectivity index (χ1v) is 11.4. The highest BCUT2D eigenvalue weighted by Crippen LogP contribution is 2.37. The van der Waals surface area contributed by atoms with Crippen LogP contribution in [0.5, 0.6) is 0 Å². The van der Waals surface area contributed by atoms with E-state index in [0.29, 0.717) is 49.1 Å². The largest absolute Gasteiger partial charge is 0.363 e. The van der Waals surface area contributed by atoms with Crippen molar-refractivity contribution in [3.8, 4) is 0 Å². The average molecular weight is 446 g/mol. The number of aryl methyl sites for hydroxylation is 2. The molecule has 2 aromatic heterocycles. The van der Waals surface area contributed by atoms with Crippen LogP contribution in [0.4, 0.5) is 11.6 Å². The van der Waals surface area contributed by atoms with E-state index in [4.69, 9.17) is 0 Å².